The number of amides is 2. The Hall–Kier alpha value is -1.61. The Morgan fingerprint density at radius 2 is 1.88 bits per heavy atom. The van der Waals surface area contributed by atoms with Gasteiger partial charge in [0, 0.05) is 3.57 Å². The second-order valence-electron chi connectivity index (χ2n) is 7.22. The molecular weight excluding hydrogens is 458 g/mol. The number of anilines is 1. The molecule has 0 aliphatic carbocycles. The average molecular weight is 472 g/mol. The number of carbonyl (C=O) groups is 2. The Bertz CT molecular complexity index is 915. The van der Waals surface area contributed by atoms with Crippen LogP contribution in [0.3, 0.4) is 0 Å². The Labute approximate surface area is 161 Å². The van der Waals surface area contributed by atoms with Crippen molar-refractivity contribution >= 4 is 40.1 Å². The molecule has 3 aliphatic heterocycles. The van der Waals surface area contributed by atoms with E-state index in [-0.39, 0.29) is 5.69 Å². The van der Waals surface area contributed by atoms with Crippen molar-refractivity contribution in [1.82, 2.24) is 0 Å². The molecule has 3 heterocycles. The van der Waals surface area contributed by atoms with Crippen molar-refractivity contribution in [3.8, 4) is 6.07 Å². The summed E-state index contributed by atoms with van der Waals surface area (Å²) < 4.78 is 20.8. The van der Waals surface area contributed by atoms with Gasteiger partial charge in [0.05, 0.1) is 23.1 Å². The lowest BCUT2D eigenvalue weighted by Crippen LogP contribution is -2.64. The van der Waals surface area contributed by atoms with Gasteiger partial charge in [-0.05, 0) is 54.6 Å². The normalized spacial score (nSPS) is 40.0. The number of imide groups is 1. The topological polar surface area (TPSA) is 111 Å². The Morgan fingerprint density at radius 3 is 2.46 bits per heavy atom. The van der Waals surface area contributed by atoms with Gasteiger partial charge in [-0.3, -0.25) is 9.59 Å². The molecule has 1 aromatic carbocycles. The number of ether oxygens (including phenoxy) is 1. The summed E-state index contributed by atoms with van der Waals surface area (Å²) in [6, 6.07) is 6.46. The molecule has 7 nitrogen and oxygen atoms in total. The van der Waals surface area contributed by atoms with Crippen molar-refractivity contribution in [2.45, 2.75) is 37.0 Å². The molecule has 0 spiro atoms. The third-order valence-corrected chi connectivity index (χ3v) is 6.76. The van der Waals surface area contributed by atoms with Crippen molar-refractivity contribution < 1.29 is 28.9 Å². The van der Waals surface area contributed by atoms with Crippen LogP contribution in [0.5, 0.6) is 0 Å². The van der Waals surface area contributed by atoms with Gasteiger partial charge < -0.3 is 14.9 Å². The zero-order chi connectivity index (χ0) is 19.2. The molecule has 2 N–H and O–H groups in total. The van der Waals surface area contributed by atoms with Crippen LogP contribution in [0.15, 0.2) is 18.2 Å². The average Bonchev–Trinajstić information content (AvgIpc) is 3.04. The fraction of sp³-hybridized carbons (Fsp3) is 0.471. The number of carbonyl (C=O) groups excluding carboxylic acids is 2. The number of benzene rings is 1. The van der Waals surface area contributed by atoms with Crippen molar-refractivity contribution in [1.29, 1.82) is 5.26 Å². The summed E-state index contributed by atoms with van der Waals surface area (Å²) in [6.07, 6.45) is -2.24. The van der Waals surface area contributed by atoms with Crippen LogP contribution in [0.2, 0.25) is 0 Å². The predicted octanol–water partition coefficient (Wildman–Crippen LogP) is 0.849. The fourth-order valence-electron chi connectivity index (χ4n) is 4.54. The van der Waals surface area contributed by atoms with E-state index in [2.05, 4.69) is 0 Å². The van der Waals surface area contributed by atoms with Gasteiger partial charge in [0.1, 0.15) is 17.3 Å². The fourth-order valence-corrected chi connectivity index (χ4v) is 5.16. The lowest BCUT2D eigenvalue weighted by atomic mass is 9.65. The molecule has 3 fully saturated rings. The summed E-state index contributed by atoms with van der Waals surface area (Å²) in [5, 5.41) is 29.5. The van der Waals surface area contributed by atoms with E-state index in [4.69, 9.17) is 10.00 Å². The minimum atomic E-state index is -2.88. The minimum absolute atomic E-state index is 0.251. The molecule has 136 valence electrons. The molecule has 3 aliphatic rings. The number of nitrogens with zero attached hydrogens (tertiary/aromatic N) is 2. The van der Waals surface area contributed by atoms with Gasteiger partial charge in [0.15, 0.2) is 6.17 Å². The van der Waals surface area contributed by atoms with Crippen LogP contribution in [0.1, 0.15) is 19.4 Å². The lowest BCUT2D eigenvalue weighted by Gasteiger charge is -2.40. The molecule has 2 bridgehead atoms. The third kappa shape index (κ3) is 1.76. The van der Waals surface area contributed by atoms with Crippen molar-refractivity contribution in [3.63, 3.8) is 0 Å². The zero-order valence-corrected chi connectivity index (χ0v) is 15.9. The van der Waals surface area contributed by atoms with Crippen LogP contribution in [-0.4, -0.2) is 45.2 Å². The molecule has 9 heteroatoms. The minimum Gasteiger partial charge on any atom is -0.361 e. The van der Waals surface area contributed by atoms with Gasteiger partial charge in [-0.25, -0.2) is 9.29 Å². The molecule has 26 heavy (non-hydrogen) atoms. The smallest absolute Gasteiger partial charge is 0.240 e. The van der Waals surface area contributed by atoms with E-state index in [1.54, 1.807) is 0 Å². The number of hydrogen-bond acceptors (Lipinski definition) is 6. The van der Waals surface area contributed by atoms with Crippen molar-refractivity contribution in [3.05, 3.63) is 27.3 Å². The van der Waals surface area contributed by atoms with E-state index in [9.17, 15) is 24.2 Å². The molecule has 2 amide bonds. The largest absolute Gasteiger partial charge is 0.361 e. The highest BCUT2D eigenvalue weighted by molar-refractivity contribution is 14.1. The van der Waals surface area contributed by atoms with Crippen molar-refractivity contribution in [2.75, 3.05) is 4.90 Å². The Balaban J connectivity index is 1.83. The Kier molecular flexibility index (Phi) is 3.43. The first kappa shape index (κ1) is 17.8. The first-order chi connectivity index (χ1) is 12.0. The highest BCUT2D eigenvalue weighted by Crippen LogP contribution is 2.64. The van der Waals surface area contributed by atoms with Crippen LogP contribution >= 0.6 is 22.6 Å². The highest BCUT2D eigenvalue weighted by atomic mass is 127. The third-order valence-electron chi connectivity index (χ3n) is 5.87. The van der Waals surface area contributed by atoms with Gasteiger partial charge in [-0.1, -0.05) is 0 Å². The number of halogens is 2. The molecule has 0 radical (unpaired) electrons. The van der Waals surface area contributed by atoms with Gasteiger partial charge in [-0.15, -0.1) is 0 Å². The standard InChI is InChI=1S/C17H14FIN2O5/c1-15-10-11(16(2,26-15)17(24,25)14(15)18)13(23)21(12(10)22)8-4-3-7(6-20)9(19)5-8/h3-5,10-11,14,24-25H,1-2H3/t10-,11+,14+,15-,16-/m0/s1. The van der Waals surface area contributed by atoms with Crippen molar-refractivity contribution in [2.24, 2.45) is 11.8 Å². The SMILES string of the molecule is C[C@]12O[C@@](C)([C@H]3C(=O)N(c4ccc(C#N)c(I)c4)C(=O)[C@H]31)C(O)(O)[C@@H]2F. The van der Waals surface area contributed by atoms with E-state index in [0.29, 0.717) is 9.13 Å². The second-order valence-corrected chi connectivity index (χ2v) is 8.39. The van der Waals surface area contributed by atoms with E-state index in [0.717, 1.165) is 4.90 Å². The lowest BCUT2D eigenvalue weighted by molar-refractivity contribution is -0.266. The number of fused-ring (bicyclic) bond motifs is 5. The van der Waals surface area contributed by atoms with Gasteiger partial charge in [0.25, 0.3) is 0 Å². The number of alkyl halides is 1. The highest BCUT2D eigenvalue weighted by Gasteiger charge is 2.85. The molecule has 0 saturated carbocycles. The molecular formula is C17H14FIN2O5. The predicted molar refractivity (Wildman–Crippen MR) is 93.3 cm³/mol. The maximum Gasteiger partial charge on any atom is 0.240 e. The molecule has 1 aromatic rings. The maximum absolute atomic E-state index is 14.7. The Morgan fingerprint density at radius 1 is 1.27 bits per heavy atom. The molecule has 5 atom stereocenters. The molecule has 4 rings (SSSR count). The molecule has 0 aromatic heterocycles. The number of rotatable bonds is 1. The summed E-state index contributed by atoms with van der Waals surface area (Å²) in [7, 11) is 0. The van der Waals surface area contributed by atoms with Crippen LogP contribution in [0.4, 0.5) is 10.1 Å². The maximum atomic E-state index is 14.7. The molecule has 0 unspecified atom stereocenters. The van der Waals surface area contributed by atoms with E-state index in [1.165, 1.54) is 32.0 Å². The van der Waals surface area contributed by atoms with Crippen LogP contribution in [0, 0.1) is 26.7 Å². The number of nitriles is 1. The summed E-state index contributed by atoms with van der Waals surface area (Å²) >= 11 is 1.92. The first-order valence-electron chi connectivity index (χ1n) is 7.87. The van der Waals surface area contributed by atoms with E-state index >= 15 is 0 Å². The van der Waals surface area contributed by atoms with E-state index in [1.807, 2.05) is 28.7 Å². The van der Waals surface area contributed by atoms with Gasteiger partial charge in [0.2, 0.25) is 17.6 Å². The van der Waals surface area contributed by atoms with Crippen LogP contribution in [0.25, 0.3) is 0 Å². The van der Waals surface area contributed by atoms with Gasteiger partial charge >= 0.3 is 0 Å². The van der Waals surface area contributed by atoms with Gasteiger partial charge in [-0.2, -0.15) is 5.26 Å². The summed E-state index contributed by atoms with van der Waals surface area (Å²) in [5.74, 6) is -6.57. The number of aliphatic hydroxyl groups is 2. The monoisotopic (exact) mass is 472 g/mol. The first-order valence-corrected chi connectivity index (χ1v) is 8.95. The second kappa shape index (κ2) is 5.01. The van der Waals surface area contributed by atoms with Crippen LogP contribution < -0.4 is 4.90 Å². The number of hydrogen-bond donors (Lipinski definition) is 2. The molecule has 3 saturated heterocycles. The summed E-state index contributed by atoms with van der Waals surface area (Å²) in [6.45, 7) is 2.53. The zero-order valence-electron chi connectivity index (χ0n) is 13.7. The summed E-state index contributed by atoms with van der Waals surface area (Å²) in [4.78, 5) is 26.9. The van der Waals surface area contributed by atoms with E-state index < -0.39 is 46.8 Å². The summed E-state index contributed by atoms with van der Waals surface area (Å²) in [5.41, 5.74) is -3.11. The van der Waals surface area contributed by atoms with Crippen LogP contribution in [-0.2, 0) is 14.3 Å². The quantitative estimate of drug-likeness (QED) is 0.356.